The molecular formula is C17H24N2O. The summed E-state index contributed by atoms with van der Waals surface area (Å²) in [5, 5.41) is 5.75. The molecule has 0 aliphatic carbocycles. The predicted molar refractivity (Wildman–Crippen MR) is 84.1 cm³/mol. The van der Waals surface area contributed by atoms with Crippen molar-refractivity contribution in [1.29, 1.82) is 0 Å². The van der Waals surface area contributed by atoms with E-state index in [0.717, 1.165) is 17.8 Å². The summed E-state index contributed by atoms with van der Waals surface area (Å²) in [6.45, 7) is 10.1. The summed E-state index contributed by atoms with van der Waals surface area (Å²) >= 11 is 0. The molecule has 3 heteroatoms. The van der Waals surface area contributed by atoms with Crippen LogP contribution in [0.2, 0.25) is 0 Å². The van der Waals surface area contributed by atoms with Gasteiger partial charge in [0.05, 0.1) is 6.61 Å². The average molecular weight is 272 g/mol. The number of ether oxygens (including phenoxy) is 1. The highest BCUT2D eigenvalue weighted by Gasteiger charge is 2.09. The third-order valence-corrected chi connectivity index (χ3v) is 3.10. The smallest absolute Gasteiger partial charge is 0.221 e. The topological polar surface area (TPSA) is 34.1 Å². The number of pyridine rings is 1. The lowest BCUT2D eigenvalue weighted by atomic mass is 10.1. The quantitative estimate of drug-likeness (QED) is 0.869. The molecule has 0 fully saturated rings. The van der Waals surface area contributed by atoms with Crippen LogP contribution in [0.25, 0.3) is 10.8 Å². The van der Waals surface area contributed by atoms with Gasteiger partial charge in [-0.1, -0.05) is 45.9 Å². The van der Waals surface area contributed by atoms with E-state index in [-0.39, 0.29) is 0 Å². The first-order valence-electron chi connectivity index (χ1n) is 7.30. The molecule has 0 bridgehead atoms. The summed E-state index contributed by atoms with van der Waals surface area (Å²) in [4.78, 5) is 4.49. The van der Waals surface area contributed by atoms with Crippen LogP contribution in [-0.2, 0) is 6.54 Å². The SMILES string of the molecule is CC(C)COc1ncc(CNC(C)C)c2ccccc12. The zero-order chi connectivity index (χ0) is 14.5. The van der Waals surface area contributed by atoms with Crippen molar-refractivity contribution >= 4 is 10.8 Å². The second-order valence-electron chi connectivity index (χ2n) is 5.87. The van der Waals surface area contributed by atoms with Crippen molar-refractivity contribution in [2.45, 2.75) is 40.3 Å². The minimum absolute atomic E-state index is 0.464. The molecule has 0 aliphatic heterocycles. The Labute approximate surface area is 121 Å². The van der Waals surface area contributed by atoms with Gasteiger partial charge < -0.3 is 10.1 Å². The highest BCUT2D eigenvalue weighted by Crippen LogP contribution is 2.26. The zero-order valence-corrected chi connectivity index (χ0v) is 12.8. The van der Waals surface area contributed by atoms with E-state index in [9.17, 15) is 0 Å². The molecule has 20 heavy (non-hydrogen) atoms. The van der Waals surface area contributed by atoms with Crippen molar-refractivity contribution in [3.8, 4) is 5.88 Å². The van der Waals surface area contributed by atoms with E-state index in [2.05, 4.69) is 56.2 Å². The third-order valence-electron chi connectivity index (χ3n) is 3.10. The summed E-state index contributed by atoms with van der Waals surface area (Å²) in [5.74, 6) is 1.24. The minimum Gasteiger partial charge on any atom is -0.477 e. The fourth-order valence-electron chi connectivity index (χ4n) is 2.04. The number of fused-ring (bicyclic) bond motifs is 1. The molecule has 0 aliphatic rings. The molecule has 2 aromatic rings. The summed E-state index contributed by atoms with van der Waals surface area (Å²) in [7, 11) is 0. The van der Waals surface area contributed by atoms with Crippen LogP contribution < -0.4 is 10.1 Å². The van der Waals surface area contributed by atoms with Crippen molar-refractivity contribution in [2.24, 2.45) is 5.92 Å². The standard InChI is InChI=1S/C17H24N2O/c1-12(2)11-20-17-16-8-6-5-7-15(16)14(10-19-17)9-18-13(3)4/h5-8,10,12-13,18H,9,11H2,1-4H3. The van der Waals surface area contributed by atoms with Gasteiger partial charge in [-0.05, 0) is 22.9 Å². The average Bonchev–Trinajstić information content (AvgIpc) is 2.43. The Hall–Kier alpha value is -1.61. The van der Waals surface area contributed by atoms with E-state index in [4.69, 9.17) is 4.74 Å². The second-order valence-corrected chi connectivity index (χ2v) is 5.87. The molecule has 1 aromatic carbocycles. The van der Waals surface area contributed by atoms with Crippen LogP contribution in [0.5, 0.6) is 5.88 Å². The first-order valence-corrected chi connectivity index (χ1v) is 7.30. The molecule has 0 atom stereocenters. The maximum absolute atomic E-state index is 5.83. The fraction of sp³-hybridized carbons (Fsp3) is 0.471. The van der Waals surface area contributed by atoms with Crippen LogP contribution in [0.15, 0.2) is 30.5 Å². The number of hydrogen-bond acceptors (Lipinski definition) is 3. The van der Waals surface area contributed by atoms with Crippen LogP contribution in [0.3, 0.4) is 0 Å². The highest BCUT2D eigenvalue weighted by molar-refractivity contribution is 5.89. The Bertz CT molecular complexity index is 513. The van der Waals surface area contributed by atoms with E-state index in [0.29, 0.717) is 18.6 Å². The van der Waals surface area contributed by atoms with Gasteiger partial charge in [0, 0.05) is 24.2 Å². The van der Waals surface area contributed by atoms with Crippen LogP contribution in [0.1, 0.15) is 33.3 Å². The molecule has 0 saturated carbocycles. The molecule has 3 nitrogen and oxygen atoms in total. The van der Waals surface area contributed by atoms with Gasteiger partial charge in [0.1, 0.15) is 0 Å². The Balaban J connectivity index is 2.31. The Morgan fingerprint density at radius 3 is 2.45 bits per heavy atom. The third kappa shape index (κ3) is 3.70. The first kappa shape index (κ1) is 14.8. The molecule has 0 saturated heterocycles. The van der Waals surface area contributed by atoms with Crippen LogP contribution >= 0.6 is 0 Å². The Morgan fingerprint density at radius 1 is 1.10 bits per heavy atom. The Kier molecular flexibility index (Phi) is 4.96. The summed E-state index contributed by atoms with van der Waals surface area (Å²) in [6.07, 6.45) is 1.92. The van der Waals surface area contributed by atoms with Gasteiger partial charge in [0.2, 0.25) is 5.88 Å². The molecule has 1 heterocycles. The van der Waals surface area contributed by atoms with Gasteiger partial charge in [0.15, 0.2) is 0 Å². The number of rotatable bonds is 6. The number of benzene rings is 1. The van der Waals surface area contributed by atoms with Crippen LogP contribution in [-0.4, -0.2) is 17.6 Å². The zero-order valence-electron chi connectivity index (χ0n) is 12.8. The van der Waals surface area contributed by atoms with Gasteiger partial charge in [-0.25, -0.2) is 4.98 Å². The van der Waals surface area contributed by atoms with Crippen molar-refractivity contribution in [2.75, 3.05) is 6.61 Å². The summed E-state index contributed by atoms with van der Waals surface area (Å²) in [5.41, 5.74) is 1.21. The van der Waals surface area contributed by atoms with Gasteiger partial charge in [-0.2, -0.15) is 0 Å². The molecule has 0 unspecified atom stereocenters. The largest absolute Gasteiger partial charge is 0.477 e. The maximum atomic E-state index is 5.83. The number of hydrogen-bond donors (Lipinski definition) is 1. The predicted octanol–water partition coefficient (Wildman–Crippen LogP) is 3.77. The van der Waals surface area contributed by atoms with E-state index in [1.54, 1.807) is 0 Å². The van der Waals surface area contributed by atoms with Gasteiger partial charge in [-0.15, -0.1) is 0 Å². The molecule has 0 radical (unpaired) electrons. The lowest BCUT2D eigenvalue weighted by Crippen LogP contribution is -2.22. The lowest BCUT2D eigenvalue weighted by Gasteiger charge is -2.14. The molecule has 1 N–H and O–H groups in total. The summed E-state index contributed by atoms with van der Waals surface area (Å²) in [6, 6.07) is 8.78. The van der Waals surface area contributed by atoms with Crippen molar-refractivity contribution in [1.82, 2.24) is 10.3 Å². The van der Waals surface area contributed by atoms with Crippen molar-refractivity contribution < 1.29 is 4.74 Å². The van der Waals surface area contributed by atoms with Crippen molar-refractivity contribution in [3.63, 3.8) is 0 Å². The molecular weight excluding hydrogens is 248 g/mol. The molecule has 0 amide bonds. The molecule has 2 rings (SSSR count). The van der Waals surface area contributed by atoms with E-state index >= 15 is 0 Å². The second kappa shape index (κ2) is 6.71. The van der Waals surface area contributed by atoms with Crippen molar-refractivity contribution in [3.05, 3.63) is 36.0 Å². The van der Waals surface area contributed by atoms with Gasteiger partial charge in [0.25, 0.3) is 0 Å². The first-order chi connectivity index (χ1) is 9.58. The highest BCUT2D eigenvalue weighted by atomic mass is 16.5. The maximum Gasteiger partial charge on any atom is 0.221 e. The van der Waals surface area contributed by atoms with Crippen LogP contribution in [0, 0.1) is 5.92 Å². The number of nitrogens with one attached hydrogen (secondary N) is 1. The summed E-state index contributed by atoms with van der Waals surface area (Å²) < 4.78 is 5.83. The van der Waals surface area contributed by atoms with E-state index < -0.39 is 0 Å². The van der Waals surface area contributed by atoms with Gasteiger partial charge in [-0.3, -0.25) is 0 Å². The molecule has 1 aromatic heterocycles. The molecule has 0 spiro atoms. The van der Waals surface area contributed by atoms with E-state index in [1.807, 2.05) is 12.3 Å². The monoisotopic (exact) mass is 272 g/mol. The Morgan fingerprint density at radius 2 is 1.80 bits per heavy atom. The normalized spacial score (nSPS) is 11.5. The minimum atomic E-state index is 0.464. The molecule has 108 valence electrons. The van der Waals surface area contributed by atoms with Crippen LogP contribution in [0.4, 0.5) is 0 Å². The van der Waals surface area contributed by atoms with E-state index in [1.165, 1.54) is 10.9 Å². The van der Waals surface area contributed by atoms with Gasteiger partial charge >= 0.3 is 0 Å². The number of nitrogens with zero attached hydrogens (tertiary/aromatic N) is 1. The number of aromatic nitrogens is 1. The fourth-order valence-corrected chi connectivity index (χ4v) is 2.04. The lowest BCUT2D eigenvalue weighted by molar-refractivity contribution is 0.264.